The van der Waals surface area contributed by atoms with Crippen molar-refractivity contribution in [1.29, 1.82) is 0 Å². The van der Waals surface area contributed by atoms with Crippen molar-refractivity contribution in [1.82, 2.24) is 4.98 Å². The van der Waals surface area contributed by atoms with Gasteiger partial charge in [-0.15, -0.1) is 0 Å². The number of nitrogens with zero attached hydrogens (tertiary/aromatic N) is 1. The standard InChI is InChI=1S/C9H7F5N2O2/c10-7(11)4-3(1-15)2-16-6(8(17)18)5(4)9(12,13)14/h2,7H,1,15H2,(H,17,18). The molecular formula is C9H7F5N2O2. The van der Waals surface area contributed by atoms with Crippen LogP contribution in [0.2, 0.25) is 0 Å². The Bertz CT molecular complexity index is 473. The Hall–Kier alpha value is -1.77. The fourth-order valence-electron chi connectivity index (χ4n) is 1.43. The first-order valence-corrected chi connectivity index (χ1v) is 4.50. The summed E-state index contributed by atoms with van der Waals surface area (Å²) in [6.45, 7) is -0.602. The molecule has 3 N–H and O–H groups in total. The number of nitrogens with two attached hydrogens (primary N) is 1. The summed E-state index contributed by atoms with van der Waals surface area (Å²) in [7, 11) is 0. The minimum absolute atomic E-state index is 0.540. The SMILES string of the molecule is NCc1cnc(C(=O)O)c(C(F)(F)F)c1C(F)F. The van der Waals surface area contributed by atoms with Gasteiger partial charge in [0.05, 0.1) is 5.56 Å². The summed E-state index contributed by atoms with van der Waals surface area (Å²) in [5.74, 6) is -2.03. The lowest BCUT2D eigenvalue weighted by atomic mass is 10.0. The highest BCUT2D eigenvalue weighted by Gasteiger charge is 2.42. The summed E-state index contributed by atoms with van der Waals surface area (Å²) in [5.41, 5.74) is -0.348. The highest BCUT2D eigenvalue weighted by molar-refractivity contribution is 5.88. The maximum Gasteiger partial charge on any atom is 0.419 e. The zero-order chi connectivity index (χ0) is 14.1. The van der Waals surface area contributed by atoms with Crippen LogP contribution in [-0.4, -0.2) is 16.1 Å². The van der Waals surface area contributed by atoms with E-state index >= 15 is 0 Å². The van der Waals surface area contributed by atoms with Gasteiger partial charge in [0.15, 0.2) is 5.69 Å². The van der Waals surface area contributed by atoms with Crippen LogP contribution in [-0.2, 0) is 12.7 Å². The Balaban J connectivity index is 3.71. The van der Waals surface area contributed by atoms with Crippen LogP contribution in [0.15, 0.2) is 6.20 Å². The van der Waals surface area contributed by atoms with E-state index in [9.17, 15) is 26.7 Å². The van der Waals surface area contributed by atoms with Crippen LogP contribution in [0.5, 0.6) is 0 Å². The van der Waals surface area contributed by atoms with Crippen molar-refractivity contribution in [3.63, 3.8) is 0 Å². The van der Waals surface area contributed by atoms with Crippen molar-refractivity contribution in [2.24, 2.45) is 5.73 Å². The normalized spacial score (nSPS) is 11.9. The molecule has 9 heteroatoms. The molecular weight excluding hydrogens is 263 g/mol. The second kappa shape index (κ2) is 4.84. The fraction of sp³-hybridized carbons (Fsp3) is 0.333. The quantitative estimate of drug-likeness (QED) is 0.825. The van der Waals surface area contributed by atoms with Crippen LogP contribution >= 0.6 is 0 Å². The third-order valence-electron chi connectivity index (χ3n) is 2.13. The molecule has 0 radical (unpaired) electrons. The van der Waals surface area contributed by atoms with Gasteiger partial charge in [-0.3, -0.25) is 0 Å². The fourth-order valence-corrected chi connectivity index (χ4v) is 1.43. The number of hydrogen-bond donors (Lipinski definition) is 2. The molecule has 100 valence electrons. The summed E-state index contributed by atoms with van der Waals surface area (Å²) < 4.78 is 63.4. The van der Waals surface area contributed by atoms with E-state index in [1.807, 2.05) is 0 Å². The van der Waals surface area contributed by atoms with Crippen molar-refractivity contribution in [2.75, 3.05) is 0 Å². The number of aromatic carboxylic acids is 1. The molecule has 0 amide bonds. The predicted molar refractivity (Wildman–Crippen MR) is 49.0 cm³/mol. The van der Waals surface area contributed by atoms with Gasteiger partial charge in [-0.05, 0) is 5.56 Å². The molecule has 0 atom stereocenters. The predicted octanol–water partition coefficient (Wildman–Crippen LogP) is 2.19. The van der Waals surface area contributed by atoms with Gasteiger partial charge in [0, 0.05) is 18.3 Å². The van der Waals surface area contributed by atoms with E-state index in [1.165, 1.54) is 0 Å². The van der Waals surface area contributed by atoms with E-state index in [2.05, 4.69) is 4.98 Å². The first-order chi connectivity index (χ1) is 8.20. The van der Waals surface area contributed by atoms with Gasteiger partial charge in [-0.25, -0.2) is 18.6 Å². The minimum atomic E-state index is -5.25. The smallest absolute Gasteiger partial charge is 0.419 e. The first kappa shape index (κ1) is 14.3. The molecule has 0 bridgehead atoms. The number of hydrogen-bond acceptors (Lipinski definition) is 3. The highest BCUT2D eigenvalue weighted by atomic mass is 19.4. The zero-order valence-electron chi connectivity index (χ0n) is 8.63. The Morgan fingerprint density at radius 2 is 2.00 bits per heavy atom. The largest absolute Gasteiger partial charge is 0.476 e. The molecule has 1 rings (SSSR count). The van der Waals surface area contributed by atoms with Crippen LogP contribution in [0, 0.1) is 0 Å². The van der Waals surface area contributed by atoms with Gasteiger partial charge in [0.2, 0.25) is 0 Å². The number of pyridine rings is 1. The van der Waals surface area contributed by atoms with Crippen LogP contribution in [0.1, 0.15) is 33.6 Å². The number of rotatable bonds is 3. The molecule has 0 spiro atoms. The summed E-state index contributed by atoms with van der Waals surface area (Å²) in [6.07, 6.45) is -8.14. The number of alkyl halides is 5. The van der Waals surface area contributed by atoms with E-state index < -0.39 is 47.5 Å². The van der Waals surface area contributed by atoms with Crippen molar-refractivity contribution in [3.8, 4) is 0 Å². The number of carboxylic acids is 1. The Kier molecular flexibility index (Phi) is 3.85. The van der Waals surface area contributed by atoms with Gasteiger partial charge in [-0.1, -0.05) is 0 Å². The molecule has 18 heavy (non-hydrogen) atoms. The molecule has 4 nitrogen and oxygen atoms in total. The van der Waals surface area contributed by atoms with Gasteiger partial charge in [-0.2, -0.15) is 13.2 Å². The third-order valence-corrected chi connectivity index (χ3v) is 2.13. The topological polar surface area (TPSA) is 76.2 Å². The van der Waals surface area contributed by atoms with Crippen molar-refractivity contribution in [2.45, 2.75) is 19.1 Å². The van der Waals surface area contributed by atoms with E-state index in [-0.39, 0.29) is 0 Å². The molecule has 1 aromatic rings. The lowest BCUT2D eigenvalue weighted by Crippen LogP contribution is -2.20. The average Bonchev–Trinajstić information content (AvgIpc) is 2.25. The van der Waals surface area contributed by atoms with Crippen molar-refractivity contribution < 1.29 is 31.9 Å². The first-order valence-electron chi connectivity index (χ1n) is 4.50. The van der Waals surface area contributed by atoms with E-state index in [0.717, 1.165) is 0 Å². The van der Waals surface area contributed by atoms with Gasteiger partial charge < -0.3 is 10.8 Å². The van der Waals surface area contributed by atoms with Gasteiger partial charge >= 0.3 is 12.1 Å². The molecule has 0 aliphatic carbocycles. The summed E-state index contributed by atoms with van der Waals surface area (Å²) in [4.78, 5) is 13.6. The monoisotopic (exact) mass is 270 g/mol. The van der Waals surface area contributed by atoms with Crippen LogP contribution in [0.25, 0.3) is 0 Å². The number of carboxylic acid groups (broad SMARTS) is 1. The number of aromatic nitrogens is 1. The molecule has 0 saturated carbocycles. The van der Waals surface area contributed by atoms with Gasteiger partial charge in [0.1, 0.15) is 0 Å². The molecule has 0 fully saturated rings. The second-order valence-electron chi connectivity index (χ2n) is 3.23. The highest BCUT2D eigenvalue weighted by Crippen LogP contribution is 2.39. The molecule has 0 unspecified atom stereocenters. The van der Waals surface area contributed by atoms with E-state index in [1.54, 1.807) is 0 Å². The maximum absolute atomic E-state index is 12.7. The van der Waals surface area contributed by atoms with Crippen molar-refractivity contribution in [3.05, 3.63) is 28.6 Å². The summed E-state index contributed by atoms with van der Waals surface area (Å²) >= 11 is 0. The third kappa shape index (κ3) is 2.55. The molecule has 1 heterocycles. The number of carbonyl (C=O) groups is 1. The van der Waals surface area contributed by atoms with Crippen LogP contribution < -0.4 is 5.73 Å². The van der Waals surface area contributed by atoms with Crippen LogP contribution in [0.3, 0.4) is 0 Å². The van der Waals surface area contributed by atoms with E-state index in [4.69, 9.17) is 10.8 Å². The molecule has 0 aliphatic rings. The lowest BCUT2D eigenvalue weighted by molar-refractivity contribution is -0.140. The molecule has 0 aliphatic heterocycles. The summed E-state index contributed by atoms with van der Waals surface area (Å²) in [5, 5.41) is 8.56. The van der Waals surface area contributed by atoms with Crippen molar-refractivity contribution >= 4 is 5.97 Å². The summed E-state index contributed by atoms with van der Waals surface area (Å²) in [6, 6.07) is 0. The maximum atomic E-state index is 12.7. The molecule has 0 aromatic carbocycles. The minimum Gasteiger partial charge on any atom is -0.476 e. The average molecular weight is 270 g/mol. The molecule has 1 aromatic heterocycles. The lowest BCUT2D eigenvalue weighted by Gasteiger charge is -2.17. The van der Waals surface area contributed by atoms with E-state index in [0.29, 0.717) is 6.20 Å². The molecule has 0 saturated heterocycles. The number of halogens is 5. The Labute approximate surface area is 97.2 Å². The Morgan fingerprint density at radius 1 is 1.44 bits per heavy atom. The van der Waals surface area contributed by atoms with Crippen LogP contribution in [0.4, 0.5) is 22.0 Å². The van der Waals surface area contributed by atoms with Gasteiger partial charge in [0.25, 0.3) is 6.43 Å². The zero-order valence-corrected chi connectivity index (χ0v) is 8.63. The second-order valence-corrected chi connectivity index (χ2v) is 3.23. The Morgan fingerprint density at radius 3 is 2.33 bits per heavy atom.